The maximum atomic E-state index is 4.56. The molecule has 3 heterocycles. The number of aromatic nitrogens is 3. The van der Waals surface area contributed by atoms with Gasteiger partial charge in [0.05, 0.1) is 0 Å². The topological polar surface area (TPSA) is 42.7 Å². The Balaban J connectivity index is 2.01. The molecule has 1 N–H and O–H groups in total. The predicted octanol–water partition coefficient (Wildman–Crippen LogP) is 2.18. The van der Waals surface area contributed by atoms with Crippen molar-refractivity contribution >= 4 is 0 Å². The van der Waals surface area contributed by atoms with Gasteiger partial charge in [-0.3, -0.25) is 4.98 Å². The summed E-state index contributed by atoms with van der Waals surface area (Å²) in [6.07, 6.45) is 7.99. The number of hydrogen-bond acceptors (Lipinski definition) is 3. The zero-order chi connectivity index (χ0) is 12.4. The summed E-state index contributed by atoms with van der Waals surface area (Å²) in [4.78, 5) is 8.75. The lowest BCUT2D eigenvalue weighted by Gasteiger charge is -2.26. The Labute approximate surface area is 107 Å². The molecule has 0 bridgehead atoms. The van der Waals surface area contributed by atoms with Crippen LogP contribution >= 0.6 is 0 Å². The van der Waals surface area contributed by atoms with E-state index in [9.17, 15) is 0 Å². The van der Waals surface area contributed by atoms with Crippen LogP contribution in [0.2, 0.25) is 0 Å². The maximum Gasteiger partial charge on any atom is 0.141 e. The Morgan fingerprint density at radius 2 is 2.11 bits per heavy atom. The summed E-state index contributed by atoms with van der Waals surface area (Å²) in [5, 5.41) is 3.41. The molecule has 1 fully saturated rings. The fourth-order valence-electron chi connectivity index (χ4n) is 2.68. The summed E-state index contributed by atoms with van der Waals surface area (Å²) >= 11 is 0. The van der Waals surface area contributed by atoms with Gasteiger partial charge in [-0.1, -0.05) is 0 Å². The van der Waals surface area contributed by atoms with Crippen LogP contribution in [0.5, 0.6) is 0 Å². The number of piperidine rings is 1. The summed E-state index contributed by atoms with van der Waals surface area (Å²) in [6, 6.07) is 4.60. The van der Waals surface area contributed by atoms with Crippen molar-refractivity contribution in [3.63, 3.8) is 0 Å². The minimum atomic E-state index is 0.559. The number of hydrogen-bond donors (Lipinski definition) is 1. The van der Waals surface area contributed by atoms with Gasteiger partial charge in [0.15, 0.2) is 0 Å². The van der Waals surface area contributed by atoms with Gasteiger partial charge < -0.3 is 9.88 Å². The first kappa shape index (κ1) is 11.4. The Hall–Kier alpha value is -1.68. The number of imidazole rings is 1. The molecule has 2 aromatic rings. The summed E-state index contributed by atoms with van der Waals surface area (Å²) in [6.45, 7) is 4.32. The van der Waals surface area contributed by atoms with Crippen LogP contribution in [-0.4, -0.2) is 27.6 Å². The molecule has 0 aromatic carbocycles. The van der Waals surface area contributed by atoms with Crippen LogP contribution in [0.3, 0.4) is 0 Å². The number of nitrogens with zero attached hydrogens (tertiary/aromatic N) is 3. The summed E-state index contributed by atoms with van der Waals surface area (Å²) in [5.41, 5.74) is 2.34. The third-order valence-corrected chi connectivity index (χ3v) is 3.58. The smallest absolute Gasteiger partial charge is 0.141 e. The quantitative estimate of drug-likeness (QED) is 0.877. The molecule has 18 heavy (non-hydrogen) atoms. The normalized spacial score (nSPS) is 16.9. The lowest BCUT2D eigenvalue weighted by molar-refractivity contribution is 0.366. The molecule has 2 aromatic heterocycles. The minimum Gasteiger partial charge on any atom is -0.325 e. The molecule has 4 nitrogen and oxygen atoms in total. The zero-order valence-electron chi connectivity index (χ0n) is 10.6. The van der Waals surface area contributed by atoms with E-state index in [-0.39, 0.29) is 0 Å². The Morgan fingerprint density at radius 3 is 2.83 bits per heavy atom. The van der Waals surface area contributed by atoms with Gasteiger partial charge >= 0.3 is 0 Å². The second-order valence-electron chi connectivity index (χ2n) is 4.82. The van der Waals surface area contributed by atoms with Gasteiger partial charge in [-0.05, 0) is 45.0 Å². The van der Waals surface area contributed by atoms with Crippen LogP contribution < -0.4 is 5.32 Å². The molecule has 0 spiro atoms. The fraction of sp³-hybridized carbons (Fsp3) is 0.429. The highest BCUT2D eigenvalue weighted by molar-refractivity contribution is 5.54. The van der Waals surface area contributed by atoms with Gasteiger partial charge in [-0.15, -0.1) is 0 Å². The first-order valence-electron chi connectivity index (χ1n) is 6.51. The van der Waals surface area contributed by atoms with Gasteiger partial charge in [-0.25, -0.2) is 4.98 Å². The van der Waals surface area contributed by atoms with E-state index in [1.54, 1.807) is 6.20 Å². The van der Waals surface area contributed by atoms with Crippen molar-refractivity contribution in [2.24, 2.45) is 0 Å². The van der Waals surface area contributed by atoms with Crippen LogP contribution in [-0.2, 0) is 0 Å². The Kier molecular flexibility index (Phi) is 3.11. The second-order valence-corrected chi connectivity index (χ2v) is 4.82. The number of pyridine rings is 1. The van der Waals surface area contributed by atoms with Crippen LogP contribution in [0.4, 0.5) is 0 Å². The molecule has 0 aliphatic carbocycles. The van der Waals surface area contributed by atoms with E-state index in [0.717, 1.165) is 24.5 Å². The third kappa shape index (κ3) is 2.04. The largest absolute Gasteiger partial charge is 0.325 e. The van der Waals surface area contributed by atoms with Gasteiger partial charge in [0.25, 0.3) is 0 Å². The molecule has 0 atom stereocenters. The molecule has 0 amide bonds. The minimum absolute atomic E-state index is 0.559. The van der Waals surface area contributed by atoms with E-state index < -0.39 is 0 Å². The van der Waals surface area contributed by atoms with Crippen molar-refractivity contribution in [2.45, 2.75) is 25.8 Å². The first-order valence-corrected chi connectivity index (χ1v) is 6.51. The van der Waals surface area contributed by atoms with E-state index >= 15 is 0 Å². The third-order valence-electron chi connectivity index (χ3n) is 3.58. The van der Waals surface area contributed by atoms with Gasteiger partial charge in [-0.2, -0.15) is 0 Å². The van der Waals surface area contributed by atoms with Crippen molar-refractivity contribution in [1.82, 2.24) is 19.9 Å². The van der Waals surface area contributed by atoms with E-state index in [2.05, 4.69) is 32.8 Å². The van der Waals surface area contributed by atoms with Crippen molar-refractivity contribution in [1.29, 1.82) is 0 Å². The van der Waals surface area contributed by atoms with Crippen molar-refractivity contribution in [2.75, 3.05) is 13.1 Å². The highest BCUT2D eigenvalue weighted by Crippen LogP contribution is 2.27. The standard InChI is InChI=1S/C14H18N4/c1-11-9-17-14(12-3-2-6-16-10-12)18(11)13-4-7-15-8-5-13/h2-3,6,9-10,13,15H,4-5,7-8H2,1H3. The molecule has 0 unspecified atom stereocenters. The van der Waals surface area contributed by atoms with Crippen LogP contribution in [0.1, 0.15) is 24.6 Å². The zero-order valence-corrected chi connectivity index (χ0v) is 10.6. The Morgan fingerprint density at radius 1 is 1.28 bits per heavy atom. The van der Waals surface area contributed by atoms with Crippen LogP contribution in [0.25, 0.3) is 11.4 Å². The van der Waals surface area contributed by atoms with E-state index in [4.69, 9.17) is 0 Å². The average molecular weight is 242 g/mol. The SMILES string of the molecule is Cc1cnc(-c2cccnc2)n1C1CCNCC1. The molecule has 0 saturated carbocycles. The molecular weight excluding hydrogens is 224 g/mol. The highest BCUT2D eigenvalue weighted by Gasteiger charge is 2.20. The lowest BCUT2D eigenvalue weighted by Crippen LogP contribution is -2.30. The molecule has 94 valence electrons. The average Bonchev–Trinajstić information content (AvgIpc) is 2.83. The molecule has 1 saturated heterocycles. The van der Waals surface area contributed by atoms with Crippen LogP contribution in [0.15, 0.2) is 30.7 Å². The first-order chi connectivity index (χ1) is 8.86. The molecule has 1 aliphatic rings. The van der Waals surface area contributed by atoms with E-state index in [1.165, 1.54) is 18.5 Å². The van der Waals surface area contributed by atoms with Crippen molar-refractivity contribution < 1.29 is 0 Å². The number of aryl methyl sites for hydroxylation is 1. The van der Waals surface area contributed by atoms with E-state index in [0.29, 0.717) is 6.04 Å². The maximum absolute atomic E-state index is 4.56. The summed E-state index contributed by atoms with van der Waals surface area (Å²) in [5.74, 6) is 1.05. The summed E-state index contributed by atoms with van der Waals surface area (Å²) in [7, 11) is 0. The van der Waals surface area contributed by atoms with Crippen molar-refractivity contribution in [3.8, 4) is 11.4 Å². The molecule has 0 radical (unpaired) electrons. The van der Waals surface area contributed by atoms with Crippen molar-refractivity contribution in [3.05, 3.63) is 36.4 Å². The van der Waals surface area contributed by atoms with Gasteiger partial charge in [0.2, 0.25) is 0 Å². The molecular formula is C14H18N4. The molecule has 3 rings (SSSR count). The molecule has 4 heteroatoms. The number of nitrogens with one attached hydrogen (secondary N) is 1. The highest BCUT2D eigenvalue weighted by atomic mass is 15.1. The second kappa shape index (κ2) is 4.90. The van der Waals surface area contributed by atoms with Crippen LogP contribution in [0, 0.1) is 6.92 Å². The fourth-order valence-corrected chi connectivity index (χ4v) is 2.68. The predicted molar refractivity (Wildman–Crippen MR) is 71.3 cm³/mol. The summed E-state index contributed by atoms with van der Waals surface area (Å²) < 4.78 is 2.37. The van der Waals surface area contributed by atoms with Gasteiger partial charge in [0, 0.05) is 35.9 Å². The van der Waals surface area contributed by atoms with Gasteiger partial charge in [0.1, 0.15) is 5.82 Å². The Bertz CT molecular complexity index is 512. The number of rotatable bonds is 2. The van der Waals surface area contributed by atoms with E-state index in [1.807, 2.05) is 18.5 Å². The monoisotopic (exact) mass is 242 g/mol. The lowest BCUT2D eigenvalue weighted by atomic mass is 10.1. The molecule has 1 aliphatic heterocycles.